The maximum absolute atomic E-state index is 12.5. The minimum atomic E-state index is -0.876. The topological polar surface area (TPSA) is 101 Å². The number of amides is 1. The molecule has 114 valence electrons. The Bertz CT molecular complexity index is 557. The molecule has 1 amide bonds. The average molecular weight is 312 g/mol. The minimum absolute atomic E-state index is 0.0260. The van der Waals surface area contributed by atoms with E-state index < -0.39 is 10.9 Å². The molecule has 1 aliphatic rings. The molecule has 8 heteroatoms. The third-order valence-corrected chi connectivity index (χ3v) is 4.47. The third-order valence-electron chi connectivity index (χ3n) is 3.59. The standard InChI is InChI=1S/C13H16N2O5S/c16-12(17)5-4-10-3-1-2-6-14(10)13(18)9-7-11(15(19)20)21-8-9/h7-8,10H,1-6H2,(H,16,17). The first kappa shape index (κ1) is 15.4. The zero-order chi connectivity index (χ0) is 15.4. The fourth-order valence-electron chi connectivity index (χ4n) is 2.56. The maximum Gasteiger partial charge on any atom is 0.324 e. The van der Waals surface area contributed by atoms with Crippen LogP contribution in [0.5, 0.6) is 0 Å². The highest BCUT2D eigenvalue weighted by Gasteiger charge is 2.29. The van der Waals surface area contributed by atoms with Crippen LogP contribution in [0.3, 0.4) is 0 Å². The molecule has 1 saturated heterocycles. The number of thiophene rings is 1. The van der Waals surface area contributed by atoms with Crippen LogP contribution >= 0.6 is 11.3 Å². The van der Waals surface area contributed by atoms with Gasteiger partial charge >= 0.3 is 11.0 Å². The predicted octanol–water partition coefficient (Wildman–Crippen LogP) is 2.52. The summed E-state index contributed by atoms with van der Waals surface area (Å²) >= 11 is 0.929. The van der Waals surface area contributed by atoms with Crippen molar-refractivity contribution < 1.29 is 19.6 Å². The van der Waals surface area contributed by atoms with E-state index in [0.29, 0.717) is 18.5 Å². The average Bonchev–Trinajstić information content (AvgIpc) is 2.94. The van der Waals surface area contributed by atoms with Crippen LogP contribution in [0.15, 0.2) is 11.4 Å². The summed E-state index contributed by atoms with van der Waals surface area (Å²) in [6.45, 7) is 0.576. The van der Waals surface area contributed by atoms with Crippen molar-refractivity contribution in [3.05, 3.63) is 27.1 Å². The first-order valence-corrected chi connectivity index (χ1v) is 7.62. The summed E-state index contributed by atoms with van der Waals surface area (Å²) in [6, 6.07) is 1.19. The van der Waals surface area contributed by atoms with Crippen LogP contribution in [0.1, 0.15) is 42.5 Å². The Hall–Kier alpha value is -1.96. The summed E-state index contributed by atoms with van der Waals surface area (Å²) in [6.07, 6.45) is 3.08. The Labute approximate surface area is 125 Å². The van der Waals surface area contributed by atoms with Crippen LogP contribution in [0, 0.1) is 10.1 Å². The number of carboxylic acids is 1. The molecule has 2 rings (SSSR count). The van der Waals surface area contributed by atoms with Gasteiger partial charge in [0.1, 0.15) is 0 Å². The summed E-state index contributed by atoms with van der Waals surface area (Å²) in [5.41, 5.74) is 0.314. The summed E-state index contributed by atoms with van der Waals surface area (Å²) in [5.74, 6) is -1.12. The Morgan fingerprint density at radius 2 is 2.24 bits per heavy atom. The predicted molar refractivity (Wildman–Crippen MR) is 76.5 cm³/mol. The lowest BCUT2D eigenvalue weighted by atomic mass is 9.97. The van der Waals surface area contributed by atoms with Crippen LogP contribution < -0.4 is 0 Å². The molecular formula is C13H16N2O5S. The molecule has 1 unspecified atom stereocenters. The zero-order valence-electron chi connectivity index (χ0n) is 11.4. The SMILES string of the molecule is O=C(O)CCC1CCCCN1C(=O)c1csc([N+](=O)[O-])c1. The van der Waals surface area contributed by atoms with Crippen LogP contribution in [-0.4, -0.2) is 39.4 Å². The number of likely N-dealkylation sites (tertiary alicyclic amines) is 1. The van der Waals surface area contributed by atoms with Gasteiger partial charge < -0.3 is 10.0 Å². The van der Waals surface area contributed by atoms with E-state index >= 15 is 0 Å². The van der Waals surface area contributed by atoms with Crippen LogP contribution in [-0.2, 0) is 4.79 Å². The molecule has 0 spiro atoms. The molecule has 0 bridgehead atoms. The molecule has 1 aliphatic heterocycles. The van der Waals surface area contributed by atoms with E-state index in [9.17, 15) is 19.7 Å². The lowest BCUT2D eigenvalue weighted by molar-refractivity contribution is -0.380. The first-order chi connectivity index (χ1) is 9.99. The Kier molecular flexibility index (Phi) is 4.89. The van der Waals surface area contributed by atoms with E-state index in [4.69, 9.17) is 5.11 Å². The number of nitro groups is 1. The van der Waals surface area contributed by atoms with Gasteiger partial charge in [0.15, 0.2) is 0 Å². The van der Waals surface area contributed by atoms with Crippen molar-refractivity contribution in [3.63, 3.8) is 0 Å². The Morgan fingerprint density at radius 1 is 1.48 bits per heavy atom. The van der Waals surface area contributed by atoms with Gasteiger partial charge in [-0.3, -0.25) is 19.7 Å². The van der Waals surface area contributed by atoms with Gasteiger partial charge in [-0.1, -0.05) is 11.3 Å². The van der Waals surface area contributed by atoms with Crippen molar-refractivity contribution in [2.45, 2.75) is 38.1 Å². The van der Waals surface area contributed by atoms with Crippen molar-refractivity contribution in [1.82, 2.24) is 4.90 Å². The molecule has 21 heavy (non-hydrogen) atoms. The second-order valence-electron chi connectivity index (χ2n) is 5.01. The van der Waals surface area contributed by atoms with Crippen molar-refractivity contribution >= 4 is 28.2 Å². The number of carboxylic acid groups (broad SMARTS) is 1. The van der Waals surface area contributed by atoms with E-state index in [-0.39, 0.29) is 23.4 Å². The number of hydrogen-bond donors (Lipinski definition) is 1. The normalized spacial score (nSPS) is 18.5. The van der Waals surface area contributed by atoms with Crippen molar-refractivity contribution in [2.75, 3.05) is 6.54 Å². The zero-order valence-corrected chi connectivity index (χ0v) is 12.2. The number of rotatable bonds is 5. The number of carbonyl (C=O) groups is 2. The van der Waals surface area contributed by atoms with E-state index in [1.165, 1.54) is 11.4 Å². The summed E-state index contributed by atoms with van der Waals surface area (Å²) in [5, 5.41) is 20.9. The minimum Gasteiger partial charge on any atom is -0.481 e. The van der Waals surface area contributed by atoms with Crippen molar-refractivity contribution in [1.29, 1.82) is 0 Å². The van der Waals surface area contributed by atoms with E-state index in [1.54, 1.807) is 4.90 Å². The number of aliphatic carboxylic acids is 1. The fraction of sp³-hybridized carbons (Fsp3) is 0.538. The first-order valence-electron chi connectivity index (χ1n) is 6.74. The number of nitrogens with zero attached hydrogens (tertiary/aromatic N) is 2. The van der Waals surface area contributed by atoms with E-state index in [2.05, 4.69) is 0 Å². The van der Waals surface area contributed by atoms with Crippen LogP contribution in [0.25, 0.3) is 0 Å². The van der Waals surface area contributed by atoms with E-state index in [0.717, 1.165) is 30.6 Å². The van der Waals surface area contributed by atoms with Crippen LogP contribution in [0.2, 0.25) is 0 Å². The van der Waals surface area contributed by atoms with Crippen LogP contribution in [0.4, 0.5) is 5.00 Å². The quantitative estimate of drug-likeness (QED) is 0.665. The Morgan fingerprint density at radius 3 is 2.86 bits per heavy atom. The number of carbonyl (C=O) groups excluding carboxylic acids is 1. The molecule has 1 aromatic rings. The third kappa shape index (κ3) is 3.78. The highest BCUT2D eigenvalue weighted by atomic mass is 32.1. The summed E-state index contributed by atoms with van der Waals surface area (Å²) in [7, 11) is 0. The molecule has 0 aromatic carbocycles. The Balaban J connectivity index is 2.10. The van der Waals surface area contributed by atoms with Gasteiger partial charge in [0.25, 0.3) is 5.91 Å². The van der Waals surface area contributed by atoms with Crippen molar-refractivity contribution in [3.8, 4) is 0 Å². The lowest BCUT2D eigenvalue weighted by Crippen LogP contribution is -2.43. The van der Waals surface area contributed by atoms with Gasteiger partial charge in [-0.2, -0.15) is 0 Å². The van der Waals surface area contributed by atoms with Gasteiger partial charge in [-0.15, -0.1) is 0 Å². The second kappa shape index (κ2) is 6.66. The molecule has 7 nitrogen and oxygen atoms in total. The van der Waals surface area contributed by atoms with Gasteiger partial charge in [0, 0.05) is 30.5 Å². The molecule has 1 atom stereocenters. The molecular weight excluding hydrogens is 296 g/mol. The largest absolute Gasteiger partial charge is 0.481 e. The van der Waals surface area contributed by atoms with Crippen molar-refractivity contribution in [2.24, 2.45) is 0 Å². The number of piperidine rings is 1. The highest BCUT2D eigenvalue weighted by Crippen LogP contribution is 2.27. The van der Waals surface area contributed by atoms with Gasteiger partial charge in [0.2, 0.25) is 0 Å². The smallest absolute Gasteiger partial charge is 0.324 e. The summed E-state index contributed by atoms with van der Waals surface area (Å²) < 4.78 is 0. The monoisotopic (exact) mass is 312 g/mol. The van der Waals surface area contributed by atoms with Gasteiger partial charge in [-0.05, 0) is 25.7 Å². The molecule has 1 aromatic heterocycles. The molecule has 1 N–H and O–H groups in total. The maximum atomic E-state index is 12.5. The summed E-state index contributed by atoms with van der Waals surface area (Å²) in [4.78, 5) is 35.0. The van der Waals surface area contributed by atoms with Gasteiger partial charge in [-0.25, -0.2) is 0 Å². The van der Waals surface area contributed by atoms with E-state index in [1.807, 2.05) is 0 Å². The second-order valence-corrected chi connectivity index (χ2v) is 5.90. The molecule has 0 aliphatic carbocycles. The molecule has 1 fully saturated rings. The number of hydrogen-bond acceptors (Lipinski definition) is 5. The molecule has 2 heterocycles. The molecule has 0 radical (unpaired) electrons. The lowest BCUT2D eigenvalue weighted by Gasteiger charge is -2.35. The fourth-order valence-corrected chi connectivity index (χ4v) is 3.25. The van der Waals surface area contributed by atoms with Gasteiger partial charge in [0.05, 0.1) is 10.5 Å². The molecule has 0 saturated carbocycles. The highest BCUT2D eigenvalue weighted by molar-refractivity contribution is 7.13.